The van der Waals surface area contributed by atoms with Crippen molar-refractivity contribution >= 4 is 17.8 Å². The monoisotopic (exact) mass is 448 g/mol. The first-order valence-electron chi connectivity index (χ1n) is 12.2. The first-order chi connectivity index (χ1) is 16.1. The Morgan fingerprint density at radius 2 is 1.73 bits per heavy atom. The lowest BCUT2D eigenvalue weighted by molar-refractivity contribution is 0.0746. The molecule has 33 heavy (non-hydrogen) atoms. The Hall–Kier alpha value is -3.09. The van der Waals surface area contributed by atoms with Crippen LogP contribution in [0.15, 0.2) is 36.5 Å². The van der Waals surface area contributed by atoms with Gasteiger partial charge >= 0.3 is 6.09 Å². The average molecular weight is 449 g/mol. The minimum atomic E-state index is -0.433. The molecule has 2 heterocycles. The number of ether oxygens (including phenoxy) is 1. The van der Waals surface area contributed by atoms with Gasteiger partial charge in [0.2, 0.25) is 0 Å². The summed E-state index contributed by atoms with van der Waals surface area (Å²) in [6.07, 6.45) is 6.79. The molecule has 0 atom stereocenters. The molecule has 0 unspecified atom stereocenters. The molecular formula is C26H32N4O3. The highest BCUT2D eigenvalue weighted by atomic mass is 16.5. The number of amides is 2. The topological polar surface area (TPSA) is 74.8 Å². The first-order valence-corrected chi connectivity index (χ1v) is 12.2. The predicted octanol–water partition coefficient (Wildman–Crippen LogP) is 4.04. The fraction of sp³-hybridized carbons (Fsp3) is 0.500. The van der Waals surface area contributed by atoms with Gasteiger partial charge in [-0.25, -0.2) is 9.78 Å². The minimum absolute atomic E-state index is 0.0546. The second-order valence-electron chi connectivity index (χ2n) is 9.28. The standard InChI is InChI=1S/C26H32N4O3/c1-2-33-26(32)28-16-18-3-5-21(6-4-18)25(31)30-13-11-29(12-14-30)24-23(20-9-10-20)15-22(17-27-24)19-7-8-19/h3-6,15,17,19-20H,2,7-14,16H2,1H3,(H,28,32). The van der Waals surface area contributed by atoms with E-state index in [-0.39, 0.29) is 5.91 Å². The molecule has 1 aromatic heterocycles. The maximum absolute atomic E-state index is 13.0. The molecule has 1 saturated heterocycles. The fourth-order valence-electron chi connectivity index (χ4n) is 4.52. The third kappa shape index (κ3) is 5.13. The molecule has 7 heteroatoms. The molecule has 2 aliphatic carbocycles. The Balaban J connectivity index is 1.17. The maximum atomic E-state index is 13.0. The lowest BCUT2D eigenvalue weighted by Crippen LogP contribution is -2.49. The predicted molar refractivity (Wildman–Crippen MR) is 127 cm³/mol. The van der Waals surface area contributed by atoms with Crippen molar-refractivity contribution in [2.75, 3.05) is 37.7 Å². The number of pyridine rings is 1. The summed E-state index contributed by atoms with van der Waals surface area (Å²) in [4.78, 5) is 33.6. The van der Waals surface area contributed by atoms with Crippen LogP contribution >= 0.6 is 0 Å². The van der Waals surface area contributed by atoms with Crippen molar-refractivity contribution in [2.24, 2.45) is 0 Å². The zero-order valence-corrected chi connectivity index (χ0v) is 19.3. The van der Waals surface area contributed by atoms with E-state index in [1.54, 1.807) is 6.92 Å². The van der Waals surface area contributed by atoms with Gasteiger partial charge in [-0.1, -0.05) is 18.2 Å². The summed E-state index contributed by atoms with van der Waals surface area (Å²) in [5.74, 6) is 2.58. The molecule has 5 rings (SSSR count). The van der Waals surface area contributed by atoms with E-state index < -0.39 is 6.09 Å². The van der Waals surface area contributed by atoms with Gasteiger partial charge in [0.05, 0.1) is 6.61 Å². The molecule has 1 aliphatic heterocycles. The zero-order valence-electron chi connectivity index (χ0n) is 19.3. The summed E-state index contributed by atoms with van der Waals surface area (Å²) in [7, 11) is 0. The van der Waals surface area contributed by atoms with Crippen LogP contribution in [-0.4, -0.2) is 54.7 Å². The SMILES string of the molecule is CCOC(=O)NCc1ccc(C(=O)N2CCN(c3ncc(C4CC4)cc3C3CC3)CC2)cc1. The Morgan fingerprint density at radius 3 is 2.36 bits per heavy atom. The van der Waals surface area contributed by atoms with Crippen LogP contribution in [0.25, 0.3) is 0 Å². The molecule has 2 saturated carbocycles. The van der Waals surface area contributed by atoms with Crippen molar-refractivity contribution in [3.63, 3.8) is 0 Å². The van der Waals surface area contributed by atoms with E-state index >= 15 is 0 Å². The molecule has 0 spiro atoms. The summed E-state index contributed by atoms with van der Waals surface area (Å²) in [5, 5.41) is 2.69. The number of anilines is 1. The second kappa shape index (κ2) is 9.41. The number of nitrogens with zero attached hydrogens (tertiary/aromatic N) is 3. The van der Waals surface area contributed by atoms with Crippen LogP contribution in [0.4, 0.5) is 10.6 Å². The quantitative estimate of drug-likeness (QED) is 0.692. The van der Waals surface area contributed by atoms with Crippen molar-refractivity contribution in [1.82, 2.24) is 15.2 Å². The number of carbonyl (C=O) groups excluding carboxylic acids is 2. The van der Waals surface area contributed by atoms with E-state index in [4.69, 9.17) is 9.72 Å². The van der Waals surface area contributed by atoms with Crippen LogP contribution in [0.5, 0.6) is 0 Å². The van der Waals surface area contributed by atoms with Crippen LogP contribution in [-0.2, 0) is 11.3 Å². The van der Waals surface area contributed by atoms with E-state index in [1.165, 1.54) is 36.8 Å². The highest BCUT2D eigenvalue weighted by Crippen LogP contribution is 2.47. The van der Waals surface area contributed by atoms with Gasteiger partial charge in [0.25, 0.3) is 5.91 Å². The molecule has 1 N–H and O–H groups in total. The lowest BCUT2D eigenvalue weighted by Gasteiger charge is -2.36. The van der Waals surface area contributed by atoms with Gasteiger partial charge in [0.15, 0.2) is 0 Å². The molecule has 1 aromatic carbocycles. The highest BCUT2D eigenvalue weighted by Gasteiger charge is 2.33. The van der Waals surface area contributed by atoms with Gasteiger partial charge in [-0.3, -0.25) is 4.79 Å². The third-order valence-electron chi connectivity index (χ3n) is 6.76. The summed E-state index contributed by atoms with van der Waals surface area (Å²) < 4.78 is 4.87. The number of aromatic nitrogens is 1. The molecule has 0 bridgehead atoms. The molecule has 174 valence electrons. The van der Waals surface area contributed by atoms with Crippen LogP contribution in [0.3, 0.4) is 0 Å². The number of rotatable bonds is 7. The van der Waals surface area contributed by atoms with Crippen LogP contribution in [0.1, 0.15) is 71.5 Å². The van der Waals surface area contributed by atoms with Gasteiger partial charge in [0.1, 0.15) is 5.82 Å². The van der Waals surface area contributed by atoms with Gasteiger partial charge in [-0.15, -0.1) is 0 Å². The van der Waals surface area contributed by atoms with E-state index in [0.29, 0.717) is 37.7 Å². The molecule has 7 nitrogen and oxygen atoms in total. The number of benzene rings is 1. The Morgan fingerprint density at radius 1 is 1.03 bits per heavy atom. The number of hydrogen-bond acceptors (Lipinski definition) is 5. The van der Waals surface area contributed by atoms with E-state index in [0.717, 1.165) is 30.4 Å². The Labute approximate surface area is 195 Å². The molecule has 0 radical (unpaired) electrons. The summed E-state index contributed by atoms with van der Waals surface area (Å²) in [6, 6.07) is 9.83. The van der Waals surface area contributed by atoms with Crippen molar-refractivity contribution in [3.8, 4) is 0 Å². The van der Waals surface area contributed by atoms with Crippen molar-refractivity contribution in [2.45, 2.75) is 51.0 Å². The molecule has 3 fully saturated rings. The normalized spacial score (nSPS) is 18.2. The number of piperazine rings is 1. The Kier molecular flexibility index (Phi) is 6.20. The number of alkyl carbamates (subject to hydrolysis) is 1. The highest BCUT2D eigenvalue weighted by molar-refractivity contribution is 5.94. The number of nitrogens with one attached hydrogen (secondary N) is 1. The fourth-order valence-corrected chi connectivity index (χ4v) is 4.52. The average Bonchev–Trinajstić information content (AvgIpc) is 3.76. The Bertz CT molecular complexity index is 1010. The van der Waals surface area contributed by atoms with Crippen molar-refractivity contribution in [1.29, 1.82) is 0 Å². The van der Waals surface area contributed by atoms with Crippen LogP contribution in [0, 0.1) is 0 Å². The minimum Gasteiger partial charge on any atom is -0.450 e. The smallest absolute Gasteiger partial charge is 0.407 e. The second-order valence-corrected chi connectivity index (χ2v) is 9.28. The van der Waals surface area contributed by atoms with Gasteiger partial charge in [0, 0.05) is 44.5 Å². The van der Waals surface area contributed by atoms with Gasteiger partial charge in [-0.2, -0.15) is 0 Å². The lowest BCUT2D eigenvalue weighted by atomic mass is 10.1. The summed E-state index contributed by atoms with van der Waals surface area (Å²) in [5.41, 5.74) is 4.44. The molecule has 3 aliphatic rings. The number of hydrogen-bond donors (Lipinski definition) is 1. The van der Waals surface area contributed by atoms with E-state index in [9.17, 15) is 9.59 Å². The van der Waals surface area contributed by atoms with E-state index in [2.05, 4.69) is 22.5 Å². The molecule has 2 aromatic rings. The van der Waals surface area contributed by atoms with Gasteiger partial charge < -0.3 is 19.9 Å². The van der Waals surface area contributed by atoms with Crippen LogP contribution in [0.2, 0.25) is 0 Å². The first kappa shape index (κ1) is 21.7. The molecular weight excluding hydrogens is 416 g/mol. The largest absolute Gasteiger partial charge is 0.450 e. The number of carbonyl (C=O) groups is 2. The molecule has 2 amide bonds. The van der Waals surface area contributed by atoms with Gasteiger partial charge in [-0.05, 0) is 73.3 Å². The summed E-state index contributed by atoms with van der Waals surface area (Å²) in [6.45, 7) is 5.50. The maximum Gasteiger partial charge on any atom is 0.407 e. The zero-order chi connectivity index (χ0) is 22.8. The van der Waals surface area contributed by atoms with E-state index in [1.807, 2.05) is 29.2 Å². The van der Waals surface area contributed by atoms with Crippen molar-refractivity contribution in [3.05, 3.63) is 58.8 Å². The third-order valence-corrected chi connectivity index (χ3v) is 6.76. The van der Waals surface area contributed by atoms with Crippen molar-refractivity contribution < 1.29 is 14.3 Å². The summed E-state index contributed by atoms with van der Waals surface area (Å²) >= 11 is 0. The van der Waals surface area contributed by atoms with Crippen LogP contribution < -0.4 is 10.2 Å².